The minimum absolute atomic E-state index is 0.0544. The third kappa shape index (κ3) is 3.23. The lowest BCUT2D eigenvalue weighted by Gasteiger charge is -2.28. The molecule has 0 unspecified atom stereocenters. The SMILES string of the molecule is CC1=CCN(c2c(F)cc(/C=C/C(=O)O)cc2F)CC1. The molecule has 5 heteroatoms. The minimum atomic E-state index is -1.16. The van der Waals surface area contributed by atoms with Crippen LogP contribution in [0.3, 0.4) is 0 Å². The van der Waals surface area contributed by atoms with Gasteiger partial charge in [0, 0.05) is 19.2 Å². The Hall–Kier alpha value is -2.17. The van der Waals surface area contributed by atoms with Gasteiger partial charge in [0.1, 0.15) is 17.3 Å². The molecule has 0 saturated carbocycles. The molecule has 0 aliphatic carbocycles. The number of carboxylic acids is 1. The molecule has 2 rings (SSSR count). The molecule has 20 heavy (non-hydrogen) atoms. The Morgan fingerprint density at radius 3 is 2.50 bits per heavy atom. The van der Waals surface area contributed by atoms with Crippen molar-refractivity contribution < 1.29 is 18.7 Å². The van der Waals surface area contributed by atoms with Crippen molar-refractivity contribution in [3.05, 3.63) is 47.1 Å². The number of aliphatic carboxylic acids is 1. The topological polar surface area (TPSA) is 40.5 Å². The number of halogens is 2. The summed E-state index contributed by atoms with van der Waals surface area (Å²) in [6, 6.07) is 2.28. The fraction of sp³-hybridized carbons (Fsp3) is 0.267. The Kier molecular flexibility index (Phi) is 4.17. The molecule has 3 nitrogen and oxygen atoms in total. The first kappa shape index (κ1) is 14.2. The minimum Gasteiger partial charge on any atom is -0.478 e. The van der Waals surface area contributed by atoms with Crippen LogP contribution in [0.1, 0.15) is 18.9 Å². The van der Waals surface area contributed by atoms with E-state index < -0.39 is 17.6 Å². The third-order valence-corrected chi connectivity index (χ3v) is 3.21. The van der Waals surface area contributed by atoms with Crippen molar-refractivity contribution in [3.8, 4) is 0 Å². The highest BCUT2D eigenvalue weighted by Crippen LogP contribution is 2.27. The molecule has 0 fully saturated rings. The Bertz CT molecular complexity index is 571. The van der Waals surface area contributed by atoms with Crippen LogP contribution in [-0.2, 0) is 4.79 Å². The van der Waals surface area contributed by atoms with E-state index >= 15 is 0 Å². The highest BCUT2D eigenvalue weighted by molar-refractivity contribution is 5.85. The maximum Gasteiger partial charge on any atom is 0.328 e. The van der Waals surface area contributed by atoms with E-state index in [1.807, 2.05) is 13.0 Å². The Labute approximate surface area is 115 Å². The average Bonchev–Trinajstić information content (AvgIpc) is 2.38. The molecule has 1 aliphatic heterocycles. The van der Waals surface area contributed by atoms with Gasteiger partial charge in [0.2, 0.25) is 0 Å². The van der Waals surface area contributed by atoms with E-state index in [2.05, 4.69) is 0 Å². The van der Waals surface area contributed by atoms with E-state index in [4.69, 9.17) is 5.11 Å². The smallest absolute Gasteiger partial charge is 0.328 e. The van der Waals surface area contributed by atoms with Gasteiger partial charge in [-0.1, -0.05) is 11.6 Å². The zero-order chi connectivity index (χ0) is 14.7. The number of benzene rings is 1. The van der Waals surface area contributed by atoms with Gasteiger partial charge >= 0.3 is 5.97 Å². The molecule has 106 valence electrons. The molecule has 1 aromatic carbocycles. The van der Waals surface area contributed by atoms with Crippen LogP contribution in [-0.4, -0.2) is 24.2 Å². The summed E-state index contributed by atoms with van der Waals surface area (Å²) >= 11 is 0. The van der Waals surface area contributed by atoms with Crippen molar-refractivity contribution in [1.29, 1.82) is 0 Å². The lowest BCUT2D eigenvalue weighted by Crippen LogP contribution is -2.29. The van der Waals surface area contributed by atoms with Gasteiger partial charge in [0.25, 0.3) is 0 Å². The van der Waals surface area contributed by atoms with Crippen LogP contribution in [0.15, 0.2) is 29.9 Å². The van der Waals surface area contributed by atoms with Crippen LogP contribution in [0, 0.1) is 11.6 Å². The molecule has 0 bridgehead atoms. The van der Waals surface area contributed by atoms with E-state index in [1.165, 1.54) is 11.6 Å². The molecular weight excluding hydrogens is 264 g/mol. The third-order valence-electron chi connectivity index (χ3n) is 3.21. The summed E-state index contributed by atoms with van der Waals surface area (Å²) in [5.41, 5.74) is 1.35. The van der Waals surface area contributed by atoms with Gasteiger partial charge in [-0.3, -0.25) is 0 Å². The van der Waals surface area contributed by atoms with Crippen molar-refractivity contribution in [2.75, 3.05) is 18.0 Å². The van der Waals surface area contributed by atoms with Crippen molar-refractivity contribution in [1.82, 2.24) is 0 Å². The van der Waals surface area contributed by atoms with Crippen LogP contribution in [0.4, 0.5) is 14.5 Å². The predicted octanol–water partition coefficient (Wildman–Crippen LogP) is 3.22. The van der Waals surface area contributed by atoms with Crippen LogP contribution in [0.2, 0.25) is 0 Å². The second-order valence-electron chi connectivity index (χ2n) is 4.75. The van der Waals surface area contributed by atoms with Crippen molar-refractivity contribution in [3.63, 3.8) is 0 Å². The Balaban J connectivity index is 2.30. The average molecular weight is 279 g/mol. The molecule has 1 heterocycles. The molecule has 0 atom stereocenters. The highest BCUT2D eigenvalue weighted by atomic mass is 19.1. The molecule has 0 radical (unpaired) electrons. The highest BCUT2D eigenvalue weighted by Gasteiger charge is 2.19. The number of hydrogen-bond acceptors (Lipinski definition) is 2. The molecule has 0 aromatic heterocycles. The maximum atomic E-state index is 14.0. The predicted molar refractivity (Wildman–Crippen MR) is 73.6 cm³/mol. The lowest BCUT2D eigenvalue weighted by atomic mass is 10.1. The summed E-state index contributed by atoms with van der Waals surface area (Å²) in [4.78, 5) is 12.0. The molecule has 1 aliphatic rings. The summed E-state index contributed by atoms with van der Waals surface area (Å²) in [7, 11) is 0. The van der Waals surface area contributed by atoms with E-state index in [9.17, 15) is 13.6 Å². The molecule has 0 amide bonds. The van der Waals surface area contributed by atoms with Crippen molar-refractivity contribution in [2.24, 2.45) is 0 Å². The van der Waals surface area contributed by atoms with Gasteiger partial charge in [0.15, 0.2) is 0 Å². The molecule has 1 aromatic rings. The monoisotopic (exact) mass is 279 g/mol. The van der Waals surface area contributed by atoms with Gasteiger partial charge in [-0.25, -0.2) is 13.6 Å². The Morgan fingerprint density at radius 2 is 2.00 bits per heavy atom. The first-order valence-corrected chi connectivity index (χ1v) is 6.28. The van der Waals surface area contributed by atoms with E-state index in [0.717, 1.165) is 24.6 Å². The molecule has 1 N–H and O–H groups in total. The van der Waals surface area contributed by atoms with Crippen molar-refractivity contribution in [2.45, 2.75) is 13.3 Å². The van der Waals surface area contributed by atoms with E-state index in [-0.39, 0.29) is 11.3 Å². The fourth-order valence-electron chi connectivity index (χ4n) is 2.12. The zero-order valence-corrected chi connectivity index (χ0v) is 11.1. The van der Waals surface area contributed by atoms with Crippen LogP contribution in [0.25, 0.3) is 6.08 Å². The van der Waals surface area contributed by atoms with Crippen LogP contribution < -0.4 is 4.90 Å². The standard InChI is InChI=1S/C15H15F2NO2/c1-10-4-6-18(7-5-10)15-12(16)8-11(9-13(15)17)2-3-14(19)20/h2-4,8-9H,5-7H2,1H3,(H,19,20)/b3-2+. The first-order chi connectivity index (χ1) is 9.47. The second kappa shape index (κ2) is 5.86. The van der Waals surface area contributed by atoms with Gasteiger partial charge < -0.3 is 10.0 Å². The summed E-state index contributed by atoms with van der Waals surface area (Å²) in [6.45, 7) is 3.04. The number of carbonyl (C=O) groups is 1. The molecule has 0 saturated heterocycles. The first-order valence-electron chi connectivity index (χ1n) is 6.28. The van der Waals surface area contributed by atoms with Gasteiger partial charge in [-0.05, 0) is 37.1 Å². The number of anilines is 1. The number of nitrogens with zero attached hydrogens (tertiary/aromatic N) is 1. The largest absolute Gasteiger partial charge is 0.478 e. The normalized spacial score (nSPS) is 15.6. The molecule has 0 spiro atoms. The van der Waals surface area contributed by atoms with Gasteiger partial charge in [0.05, 0.1) is 0 Å². The lowest BCUT2D eigenvalue weighted by molar-refractivity contribution is -0.131. The Morgan fingerprint density at radius 1 is 1.35 bits per heavy atom. The number of carboxylic acid groups (broad SMARTS) is 1. The summed E-state index contributed by atoms with van der Waals surface area (Å²) in [5, 5.41) is 8.51. The van der Waals surface area contributed by atoms with Gasteiger partial charge in [-0.2, -0.15) is 0 Å². The van der Waals surface area contributed by atoms with E-state index in [1.54, 1.807) is 4.90 Å². The summed E-state index contributed by atoms with van der Waals surface area (Å²) in [6.07, 6.45) is 4.74. The number of hydrogen-bond donors (Lipinski definition) is 1. The van der Waals surface area contributed by atoms with Gasteiger partial charge in [-0.15, -0.1) is 0 Å². The van der Waals surface area contributed by atoms with Crippen molar-refractivity contribution >= 4 is 17.7 Å². The summed E-state index contributed by atoms with van der Waals surface area (Å²) in [5.74, 6) is -2.52. The second-order valence-corrected chi connectivity index (χ2v) is 4.75. The van der Waals surface area contributed by atoms with Crippen LogP contribution >= 0.6 is 0 Å². The summed E-state index contributed by atoms with van der Waals surface area (Å²) < 4.78 is 28.1. The van der Waals surface area contributed by atoms with Crippen LogP contribution in [0.5, 0.6) is 0 Å². The quantitative estimate of drug-likeness (QED) is 0.682. The zero-order valence-electron chi connectivity index (χ0n) is 11.1. The van der Waals surface area contributed by atoms with E-state index in [0.29, 0.717) is 13.1 Å². The molecular formula is C15H15F2NO2. The maximum absolute atomic E-state index is 14.0. The fourth-order valence-corrected chi connectivity index (χ4v) is 2.12. The number of rotatable bonds is 3.